The van der Waals surface area contributed by atoms with Crippen LogP contribution < -0.4 is 0 Å². The molecule has 2 rings (SSSR count). The van der Waals surface area contributed by atoms with Gasteiger partial charge < -0.3 is 10.0 Å². The van der Waals surface area contributed by atoms with Crippen molar-refractivity contribution in [1.82, 2.24) is 4.90 Å². The van der Waals surface area contributed by atoms with Gasteiger partial charge in [-0.25, -0.2) is 0 Å². The number of nitrogens with zero attached hydrogens (tertiary/aromatic N) is 1. The zero-order chi connectivity index (χ0) is 14.2. The number of hydrogen-bond donors (Lipinski definition) is 1. The van der Waals surface area contributed by atoms with Gasteiger partial charge in [-0.05, 0) is 73.5 Å². The lowest BCUT2D eigenvalue weighted by Crippen LogP contribution is -2.19. The van der Waals surface area contributed by atoms with Gasteiger partial charge in [-0.15, -0.1) is 0 Å². The fourth-order valence-electron chi connectivity index (χ4n) is 3.07. The summed E-state index contributed by atoms with van der Waals surface area (Å²) in [4.78, 5) is 2.22. The molecule has 0 fully saturated rings. The zero-order valence-electron chi connectivity index (χ0n) is 13.0. The van der Waals surface area contributed by atoms with Crippen molar-refractivity contribution in [1.29, 1.82) is 0 Å². The minimum absolute atomic E-state index is 0.00236. The lowest BCUT2D eigenvalue weighted by molar-refractivity contribution is 0.394. The molecule has 0 unspecified atom stereocenters. The fourth-order valence-corrected chi connectivity index (χ4v) is 3.07. The Bertz CT molecular complexity index is 469. The fraction of sp³-hybridized carbons (Fsp3) is 0.647. The molecule has 19 heavy (non-hydrogen) atoms. The van der Waals surface area contributed by atoms with Gasteiger partial charge in [0, 0.05) is 6.54 Å². The second-order valence-electron chi connectivity index (χ2n) is 7.08. The average Bonchev–Trinajstić information content (AvgIpc) is 2.31. The summed E-state index contributed by atoms with van der Waals surface area (Å²) < 4.78 is 0. The molecular weight excluding hydrogens is 234 g/mol. The van der Waals surface area contributed by atoms with Crippen molar-refractivity contribution in [2.45, 2.75) is 58.4 Å². The molecule has 1 aliphatic rings. The van der Waals surface area contributed by atoms with E-state index >= 15 is 0 Å². The highest BCUT2D eigenvalue weighted by Gasteiger charge is 2.25. The summed E-state index contributed by atoms with van der Waals surface area (Å²) in [6.07, 6.45) is 4.61. The molecule has 0 radical (unpaired) electrons. The Morgan fingerprint density at radius 3 is 2.21 bits per heavy atom. The first-order valence-electron chi connectivity index (χ1n) is 7.32. The van der Waals surface area contributed by atoms with E-state index in [1.165, 1.54) is 29.5 Å². The van der Waals surface area contributed by atoms with Gasteiger partial charge in [0.1, 0.15) is 5.75 Å². The topological polar surface area (TPSA) is 23.5 Å². The maximum atomic E-state index is 10.6. The van der Waals surface area contributed by atoms with E-state index in [1.807, 2.05) is 0 Å². The maximum absolute atomic E-state index is 10.6. The molecule has 0 spiro atoms. The van der Waals surface area contributed by atoms with Crippen molar-refractivity contribution in [2.75, 3.05) is 14.1 Å². The van der Waals surface area contributed by atoms with E-state index in [-0.39, 0.29) is 5.41 Å². The predicted molar refractivity (Wildman–Crippen MR) is 80.8 cm³/mol. The van der Waals surface area contributed by atoms with E-state index < -0.39 is 0 Å². The van der Waals surface area contributed by atoms with Crippen LogP contribution in [0, 0.1) is 0 Å². The molecular formula is C17H27NO. The summed E-state index contributed by atoms with van der Waals surface area (Å²) in [6, 6.07) is 2.24. The van der Waals surface area contributed by atoms with Crippen LogP contribution in [-0.2, 0) is 24.8 Å². The van der Waals surface area contributed by atoms with Gasteiger partial charge in [0.25, 0.3) is 0 Å². The monoisotopic (exact) mass is 261 g/mol. The van der Waals surface area contributed by atoms with Crippen molar-refractivity contribution in [3.8, 4) is 5.75 Å². The molecule has 0 saturated carbocycles. The van der Waals surface area contributed by atoms with E-state index in [0.29, 0.717) is 5.75 Å². The first-order valence-corrected chi connectivity index (χ1v) is 7.32. The van der Waals surface area contributed by atoms with E-state index in [9.17, 15) is 5.11 Å². The van der Waals surface area contributed by atoms with E-state index in [2.05, 4.69) is 45.8 Å². The zero-order valence-corrected chi connectivity index (χ0v) is 13.0. The number of hydrogen-bond acceptors (Lipinski definition) is 2. The van der Waals surface area contributed by atoms with E-state index in [4.69, 9.17) is 0 Å². The smallest absolute Gasteiger partial charge is 0.122 e. The molecule has 0 atom stereocenters. The van der Waals surface area contributed by atoms with Crippen LogP contribution in [0.25, 0.3) is 0 Å². The van der Waals surface area contributed by atoms with Crippen LogP contribution in [-0.4, -0.2) is 24.1 Å². The molecule has 1 aliphatic carbocycles. The number of fused-ring (bicyclic) bond motifs is 1. The molecule has 2 heteroatoms. The highest BCUT2D eigenvalue weighted by Crippen LogP contribution is 2.40. The van der Waals surface area contributed by atoms with Crippen LogP contribution in [0.1, 0.15) is 55.9 Å². The quantitative estimate of drug-likeness (QED) is 0.878. The lowest BCUT2D eigenvalue weighted by atomic mass is 9.79. The standard InChI is InChI=1S/C17H27NO/c1-17(2,3)15-10-12(11-18(4)5)13-8-6-7-9-14(13)16(15)19/h10,19H,6-9,11H2,1-5H3. The van der Waals surface area contributed by atoms with Gasteiger partial charge in [0.05, 0.1) is 0 Å². The minimum atomic E-state index is -0.00236. The van der Waals surface area contributed by atoms with Crippen molar-refractivity contribution < 1.29 is 5.11 Å². The molecule has 0 bridgehead atoms. The summed E-state index contributed by atoms with van der Waals surface area (Å²) in [7, 11) is 4.22. The van der Waals surface area contributed by atoms with Gasteiger partial charge in [0.15, 0.2) is 0 Å². The van der Waals surface area contributed by atoms with Gasteiger partial charge in [-0.2, -0.15) is 0 Å². The van der Waals surface area contributed by atoms with Crippen LogP contribution in [0.3, 0.4) is 0 Å². The Hall–Kier alpha value is -1.02. The minimum Gasteiger partial charge on any atom is -0.507 e. The third kappa shape index (κ3) is 2.94. The SMILES string of the molecule is CN(C)Cc1cc(C(C)(C)C)c(O)c2c1CCCC2. The van der Waals surface area contributed by atoms with Gasteiger partial charge in [-0.3, -0.25) is 0 Å². The molecule has 0 aromatic heterocycles. The third-order valence-electron chi connectivity index (χ3n) is 4.01. The van der Waals surface area contributed by atoms with Gasteiger partial charge in [-0.1, -0.05) is 20.8 Å². The molecule has 0 heterocycles. The number of phenols is 1. The van der Waals surface area contributed by atoms with Crippen LogP contribution in [0.4, 0.5) is 0 Å². The first kappa shape index (κ1) is 14.4. The van der Waals surface area contributed by atoms with E-state index in [0.717, 1.165) is 24.9 Å². The second-order valence-corrected chi connectivity index (χ2v) is 7.08. The second kappa shape index (κ2) is 5.16. The number of rotatable bonds is 2. The van der Waals surface area contributed by atoms with Crippen LogP contribution in [0.2, 0.25) is 0 Å². The van der Waals surface area contributed by atoms with Crippen LogP contribution in [0.5, 0.6) is 5.75 Å². The molecule has 0 saturated heterocycles. The summed E-state index contributed by atoms with van der Waals surface area (Å²) in [5, 5.41) is 10.6. The van der Waals surface area contributed by atoms with Crippen LogP contribution in [0.15, 0.2) is 6.07 Å². The summed E-state index contributed by atoms with van der Waals surface area (Å²) in [5.74, 6) is 0.560. The Morgan fingerprint density at radius 2 is 1.68 bits per heavy atom. The molecule has 106 valence electrons. The van der Waals surface area contributed by atoms with Crippen molar-refractivity contribution in [3.63, 3.8) is 0 Å². The van der Waals surface area contributed by atoms with Crippen molar-refractivity contribution in [3.05, 3.63) is 28.3 Å². The number of benzene rings is 1. The molecule has 0 amide bonds. The summed E-state index contributed by atoms with van der Waals surface area (Å²) >= 11 is 0. The Morgan fingerprint density at radius 1 is 1.11 bits per heavy atom. The predicted octanol–water partition coefficient (Wildman–Crippen LogP) is 3.63. The highest BCUT2D eigenvalue weighted by atomic mass is 16.3. The Kier molecular flexibility index (Phi) is 3.91. The summed E-state index contributed by atoms with van der Waals surface area (Å²) in [6.45, 7) is 7.50. The Balaban J connectivity index is 2.59. The van der Waals surface area contributed by atoms with Crippen LogP contribution >= 0.6 is 0 Å². The molecule has 2 nitrogen and oxygen atoms in total. The summed E-state index contributed by atoms with van der Waals surface area (Å²) in [5.41, 5.74) is 5.13. The van der Waals surface area contributed by atoms with E-state index in [1.54, 1.807) is 0 Å². The molecule has 1 aromatic carbocycles. The van der Waals surface area contributed by atoms with Crippen molar-refractivity contribution in [2.24, 2.45) is 0 Å². The van der Waals surface area contributed by atoms with Crippen molar-refractivity contribution >= 4 is 0 Å². The Labute approximate surface area is 117 Å². The first-order chi connectivity index (χ1) is 8.80. The van der Waals surface area contributed by atoms with Gasteiger partial charge >= 0.3 is 0 Å². The highest BCUT2D eigenvalue weighted by molar-refractivity contribution is 5.53. The third-order valence-corrected chi connectivity index (χ3v) is 4.01. The largest absolute Gasteiger partial charge is 0.507 e. The number of phenolic OH excluding ortho intramolecular Hbond substituents is 1. The molecule has 1 N–H and O–H groups in total. The average molecular weight is 261 g/mol. The molecule has 1 aromatic rings. The maximum Gasteiger partial charge on any atom is 0.122 e. The number of aromatic hydroxyl groups is 1. The molecule has 0 aliphatic heterocycles. The normalized spacial score (nSPS) is 15.7. The lowest BCUT2D eigenvalue weighted by Gasteiger charge is -2.29. The van der Waals surface area contributed by atoms with Gasteiger partial charge in [0.2, 0.25) is 0 Å².